The summed E-state index contributed by atoms with van der Waals surface area (Å²) in [4.78, 5) is 4.30. The Morgan fingerprint density at radius 2 is 2.43 bits per heavy atom. The molecule has 5 heteroatoms. The van der Waals surface area contributed by atoms with Crippen LogP contribution in [0.4, 0.5) is 0 Å². The molecule has 3 nitrogen and oxygen atoms in total. The van der Waals surface area contributed by atoms with Gasteiger partial charge in [-0.05, 0) is 56.9 Å². The Hall–Kier alpha value is -0.760. The highest BCUT2D eigenvalue weighted by molar-refractivity contribution is 7.99. The van der Waals surface area contributed by atoms with E-state index in [2.05, 4.69) is 30.2 Å². The molecule has 0 amide bonds. The first-order chi connectivity index (χ1) is 10.1. The van der Waals surface area contributed by atoms with E-state index in [4.69, 9.17) is 11.6 Å². The Balaban J connectivity index is 1.93. The van der Waals surface area contributed by atoms with Gasteiger partial charge in [-0.1, -0.05) is 18.0 Å². The Bertz CT molecular complexity index is 514. The van der Waals surface area contributed by atoms with Crippen molar-refractivity contribution in [1.29, 1.82) is 5.26 Å². The summed E-state index contributed by atoms with van der Waals surface area (Å²) < 4.78 is 0. The number of hydrogen-bond donors (Lipinski definition) is 1. The molecule has 1 fully saturated rings. The van der Waals surface area contributed by atoms with Crippen molar-refractivity contribution in [2.75, 3.05) is 5.75 Å². The highest BCUT2D eigenvalue weighted by atomic mass is 35.5. The fourth-order valence-electron chi connectivity index (χ4n) is 3.13. The van der Waals surface area contributed by atoms with E-state index in [1.165, 1.54) is 0 Å². The summed E-state index contributed by atoms with van der Waals surface area (Å²) in [5.41, 5.74) is -0.345. The number of nitrogens with one attached hydrogen (secondary N) is 1. The second-order valence-electron chi connectivity index (χ2n) is 5.90. The second kappa shape index (κ2) is 7.49. The molecule has 1 aliphatic carbocycles. The van der Waals surface area contributed by atoms with Crippen molar-refractivity contribution < 1.29 is 0 Å². The van der Waals surface area contributed by atoms with Crippen LogP contribution in [0, 0.1) is 17.2 Å². The van der Waals surface area contributed by atoms with Crippen LogP contribution in [0.25, 0.3) is 0 Å². The molecule has 0 aliphatic heterocycles. The van der Waals surface area contributed by atoms with Gasteiger partial charge in [0.05, 0.1) is 11.1 Å². The molecular weight excluding hydrogens is 302 g/mol. The molecule has 1 N–H and O–H groups in total. The maximum atomic E-state index is 9.64. The molecule has 0 radical (unpaired) electrons. The molecule has 21 heavy (non-hydrogen) atoms. The van der Waals surface area contributed by atoms with E-state index in [0.29, 0.717) is 17.0 Å². The van der Waals surface area contributed by atoms with Gasteiger partial charge in [0, 0.05) is 12.2 Å². The van der Waals surface area contributed by atoms with Gasteiger partial charge in [-0.3, -0.25) is 5.32 Å². The van der Waals surface area contributed by atoms with Crippen molar-refractivity contribution in [3.63, 3.8) is 0 Å². The maximum absolute atomic E-state index is 9.64. The van der Waals surface area contributed by atoms with Crippen molar-refractivity contribution in [3.8, 4) is 6.07 Å². The van der Waals surface area contributed by atoms with E-state index in [9.17, 15) is 5.26 Å². The second-order valence-corrected chi connectivity index (χ2v) is 7.39. The van der Waals surface area contributed by atoms with Gasteiger partial charge in [-0.25, -0.2) is 4.98 Å². The third kappa shape index (κ3) is 4.12. The Kier molecular flexibility index (Phi) is 5.92. The van der Waals surface area contributed by atoms with E-state index in [1.54, 1.807) is 18.0 Å². The summed E-state index contributed by atoms with van der Waals surface area (Å²) in [6, 6.07) is 6.60. The van der Waals surface area contributed by atoms with Gasteiger partial charge in [0.25, 0.3) is 0 Å². The fourth-order valence-corrected chi connectivity index (χ4v) is 4.35. The molecule has 0 aromatic carbocycles. The van der Waals surface area contributed by atoms with Gasteiger partial charge >= 0.3 is 0 Å². The highest BCUT2D eigenvalue weighted by Gasteiger charge is 2.42. The highest BCUT2D eigenvalue weighted by Crippen LogP contribution is 2.39. The molecule has 2 unspecified atom stereocenters. The lowest BCUT2D eigenvalue weighted by Gasteiger charge is -2.32. The summed E-state index contributed by atoms with van der Waals surface area (Å²) in [5, 5.41) is 14.7. The van der Waals surface area contributed by atoms with E-state index in [0.717, 1.165) is 36.5 Å². The first kappa shape index (κ1) is 16.6. The molecule has 1 aromatic rings. The van der Waals surface area contributed by atoms with Crippen molar-refractivity contribution in [1.82, 2.24) is 10.3 Å². The van der Waals surface area contributed by atoms with Crippen LogP contribution in [0.5, 0.6) is 0 Å². The molecular formula is C16H22ClN3S. The van der Waals surface area contributed by atoms with Crippen LogP contribution in [0.1, 0.15) is 39.5 Å². The van der Waals surface area contributed by atoms with Crippen molar-refractivity contribution in [2.45, 2.75) is 56.1 Å². The van der Waals surface area contributed by atoms with Crippen molar-refractivity contribution >= 4 is 23.4 Å². The quantitative estimate of drug-likeness (QED) is 0.794. The van der Waals surface area contributed by atoms with Gasteiger partial charge in [0.2, 0.25) is 0 Å². The van der Waals surface area contributed by atoms with Crippen LogP contribution in [-0.4, -0.2) is 22.3 Å². The monoisotopic (exact) mass is 323 g/mol. The number of aromatic nitrogens is 1. The molecule has 2 atom stereocenters. The van der Waals surface area contributed by atoms with Crippen molar-refractivity contribution in [2.24, 2.45) is 5.92 Å². The zero-order valence-corrected chi connectivity index (χ0v) is 14.2. The zero-order chi connectivity index (χ0) is 15.3. The molecule has 0 spiro atoms. The molecule has 1 saturated carbocycles. The molecule has 114 valence electrons. The Morgan fingerprint density at radius 3 is 3.10 bits per heavy atom. The van der Waals surface area contributed by atoms with Gasteiger partial charge in [0.1, 0.15) is 10.6 Å². The number of nitrogens with zero attached hydrogens (tertiary/aromatic N) is 2. The fraction of sp³-hybridized carbons (Fsp3) is 0.625. The first-order valence-electron chi connectivity index (χ1n) is 7.49. The minimum absolute atomic E-state index is 0.336. The predicted octanol–water partition coefficient (Wildman–Crippen LogP) is 4.28. The SMILES string of the molecule is CC(C)NC1(C#N)CCCC1CCSc1ncccc1Cl. The van der Waals surface area contributed by atoms with Crippen LogP contribution in [0.15, 0.2) is 23.4 Å². The topological polar surface area (TPSA) is 48.7 Å². The third-order valence-electron chi connectivity index (χ3n) is 4.00. The standard InChI is InChI=1S/C16H22ClN3S/c1-12(2)20-16(11-18)8-3-5-13(16)7-10-21-15-14(17)6-4-9-19-15/h4,6,9,12-13,20H,3,5,7-8,10H2,1-2H3. The largest absolute Gasteiger partial charge is 0.297 e. The number of nitriles is 1. The summed E-state index contributed by atoms with van der Waals surface area (Å²) in [6.45, 7) is 4.22. The summed E-state index contributed by atoms with van der Waals surface area (Å²) in [5.74, 6) is 1.37. The van der Waals surface area contributed by atoms with E-state index in [1.807, 2.05) is 12.1 Å². The van der Waals surface area contributed by atoms with Crippen LogP contribution in [0.3, 0.4) is 0 Å². The number of hydrogen-bond acceptors (Lipinski definition) is 4. The predicted molar refractivity (Wildman–Crippen MR) is 88.5 cm³/mol. The van der Waals surface area contributed by atoms with Gasteiger partial charge in [0.15, 0.2) is 0 Å². The molecule has 1 heterocycles. The Labute approximate surface area is 136 Å². The Morgan fingerprint density at radius 1 is 1.62 bits per heavy atom. The van der Waals surface area contributed by atoms with Crippen LogP contribution >= 0.6 is 23.4 Å². The lowest BCUT2D eigenvalue weighted by atomic mass is 9.86. The number of halogens is 1. The molecule has 0 saturated heterocycles. The number of thioether (sulfide) groups is 1. The molecule has 0 bridgehead atoms. The first-order valence-corrected chi connectivity index (χ1v) is 8.86. The third-order valence-corrected chi connectivity index (χ3v) is 5.45. The van der Waals surface area contributed by atoms with Crippen LogP contribution < -0.4 is 5.32 Å². The summed E-state index contributed by atoms with van der Waals surface area (Å²) in [6.07, 6.45) is 6.01. The minimum Gasteiger partial charge on any atom is -0.297 e. The lowest BCUT2D eigenvalue weighted by Crippen LogP contribution is -2.50. The molecule has 1 aliphatic rings. The van der Waals surface area contributed by atoms with E-state index >= 15 is 0 Å². The lowest BCUT2D eigenvalue weighted by molar-refractivity contribution is 0.289. The summed E-state index contributed by atoms with van der Waals surface area (Å²) >= 11 is 7.81. The minimum atomic E-state index is -0.345. The molecule has 2 rings (SSSR count). The number of pyridine rings is 1. The normalized spacial score (nSPS) is 25.2. The number of rotatable bonds is 6. The average Bonchev–Trinajstić information content (AvgIpc) is 2.84. The van der Waals surface area contributed by atoms with Crippen LogP contribution in [-0.2, 0) is 0 Å². The molecule has 1 aromatic heterocycles. The van der Waals surface area contributed by atoms with Crippen molar-refractivity contribution in [3.05, 3.63) is 23.4 Å². The average molecular weight is 324 g/mol. The van der Waals surface area contributed by atoms with Gasteiger partial charge in [-0.2, -0.15) is 5.26 Å². The van der Waals surface area contributed by atoms with Crippen LogP contribution in [0.2, 0.25) is 5.02 Å². The van der Waals surface area contributed by atoms with Gasteiger partial charge in [-0.15, -0.1) is 11.8 Å². The summed E-state index contributed by atoms with van der Waals surface area (Å²) in [7, 11) is 0. The van der Waals surface area contributed by atoms with Gasteiger partial charge < -0.3 is 0 Å². The smallest absolute Gasteiger partial charge is 0.115 e. The maximum Gasteiger partial charge on any atom is 0.115 e. The van der Waals surface area contributed by atoms with E-state index < -0.39 is 0 Å². The van der Waals surface area contributed by atoms with E-state index in [-0.39, 0.29) is 5.54 Å². The zero-order valence-electron chi connectivity index (χ0n) is 12.6.